The van der Waals surface area contributed by atoms with Gasteiger partial charge in [-0.3, -0.25) is 9.69 Å². The Kier molecular flexibility index (Phi) is 1.23. The van der Waals surface area contributed by atoms with Crippen molar-refractivity contribution in [2.75, 3.05) is 7.05 Å². The molecule has 0 aromatic carbocycles. The summed E-state index contributed by atoms with van der Waals surface area (Å²) in [5.74, 6) is 0.453. The van der Waals surface area contributed by atoms with Crippen LogP contribution in [0.25, 0.3) is 0 Å². The molecule has 2 unspecified atom stereocenters. The van der Waals surface area contributed by atoms with Crippen molar-refractivity contribution in [1.82, 2.24) is 4.90 Å². The summed E-state index contributed by atoms with van der Waals surface area (Å²) < 4.78 is 0. The molecule has 2 aliphatic heterocycles. The Morgan fingerprint density at radius 1 is 1.55 bits per heavy atom. The van der Waals surface area contributed by atoms with E-state index >= 15 is 0 Å². The molecule has 0 aromatic rings. The first-order chi connectivity index (χ1) is 5.02. The van der Waals surface area contributed by atoms with E-state index in [2.05, 4.69) is 25.8 Å². The largest absolute Gasteiger partial charge is 0.298 e. The van der Waals surface area contributed by atoms with Crippen LogP contribution in [-0.2, 0) is 4.79 Å². The fourth-order valence-electron chi connectivity index (χ4n) is 2.85. The van der Waals surface area contributed by atoms with Crippen molar-refractivity contribution in [2.24, 2.45) is 5.41 Å². The molecule has 2 atom stereocenters. The van der Waals surface area contributed by atoms with Gasteiger partial charge in [-0.2, -0.15) is 0 Å². The SMILES string of the molecule is CN1C2CC(=O)C1C(C)(C)C2. The van der Waals surface area contributed by atoms with E-state index in [0.717, 1.165) is 6.42 Å². The van der Waals surface area contributed by atoms with Gasteiger partial charge in [0.05, 0.1) is 6.04 Å². The molecule has 2 nitrogen and oxygen atoms in total. The fourth-order valence-corrected chi connectivity index (χ4v) is 2.85. The fraction of sp³-hybridized carbons (Fsp3) is 0.889. The highest BCUT2D eigenvalue weighted by Gasteiger charge is 2.53. The van der Waals surface area contributed by atoms with Crippen LogP contribution in [0.1, 0.15) is 26.7 Å². The molecule has 0 spiro atoms. The summed E-state index contributed by atoms with van der Waals surface area (Å²) in [5, 5.41) is 0. The molecule has 2 heterocycles. The second-order valence-electron chi connectivity index (χ2n) is 4.58. The number of fused-ring (bicyclic) bond motifs is 2. The Labute approximate surface area is 67.6 Å². The molecule has 2 rings (SSSR count). The number of hydrogen-bond acceptors (Lipinski definition) is 2. The van der Waals surface area contributed by atoms with Crippen LogP contribution in [0.15, 0.2) is 0 Å². The van der Waals surface area contributed by atoms with Gasteiger partial charge in [0.25, 0.3) is 0 Å². The predicted octanol–water partition coefficient (Wildman–Crippen LogP) is 1.06. The quantitative estimate of drug-likeness (QED) is 0.518. The maximum Gasteiger partial charge on any atom is 0.152 e. The lowest BCUT2D eigenvalue weighted by Crippen LogP contribution is -2.37. The van der Waals surface area contributed by atoms with Crippen LogP contribution in [0.4, 0.5) is 0 Å². The Morgan fingerprint density at radius 2 is 2.18 bits per heavy atom. The van der Waals surface area contributed by atoms with Crippen LogP contribution < -0.4 is 0 Å². The maximum absolute atomic E-state index is 11.4. The lowest BCUT2D eigenvalue weighted by molar-refractivity contribution is -0.122. The van der Waals surface area contributed by atoms with Crippen molar-refractivity contribution in [1.29, 1.82) is 0 Å². The monoisotopic (exact) mass is 153 g/mol. The van der Waals surface area contributed by atoms with Crippen molar-refractivity contribution in [3.63, 3.8) is 0 Å². The number of carbonyl (C=O) groups excluding carboxylic acids is 1. The summed E-state index contributed by atoms with van der Waals surface area (Å²) in [4.78, 5) is 13.7. The highest BCUT2D eigenvalue weighted by molar-refractivity contribution is 5.88. The van der Waals surface area contributed by atoms with Gasteiger partial charge in [-0.15, -0.1) is 0 Å². The van der Waals surface area contributed by atoms with E-state index < -0.39 is 0 Å². The predicted molar refractivity (Wildman–Crippen MR) is 43.4 cm³/mol. The molecule has 11 heavy (non-hydrogen) atoms. The Bertz CT molecular complexity index is 210. The highest BCUT2D eigenvalue weighted by atomic mass is 16.1. The van der Waals surface area contributed by atoms with Crippen LogP contribution in [0, 0.1) is 5.41 Å². The minimum absolute atomic E-state index is 0.215. The average Bonchev–Trinajstić information content (AvgIpc) is 2.16. The third-order valence-corrected chi connectivity index (χ3v) is 3.23. The molecular weight excluding hydrogens is 138 g/mol. The molecule has 2 aliphatic rings. The van der Waals surface area contributed by atoms with Gasteiger partial charge in [0.1, 0.15) is 0 Å². The number of Topliss-reactive ketones (excluding diaryl/α,β-unsaturated/α-hetero) is 1. The minimum Gasteiger partial charge on any atom is -0.298 e. The van der Waals surface area contributed by atoms with E-state index in [1.807, 2.05) is 0 Å². The van der Waals surface area contributed by atoms with Crippen LogP contribution in [0.5, 0.6) is 0 Å². The van der Waals surface area contributed by atoms with Crippen molar-refractivity contribution in [2.45, 2.75) is 38.8 Å². The molecule has 0 radical (unpaired) electrons. The van der Waals surface area contributed by atoms with Crippen molar-refractivity contribution < 1.29 is 4.79 Å². The number of hydrogen-bond donors (Lipinski definition) is 0. The summed E-state index contributed by atoms with van der Waals surface area (Å²) in [6.45, 7) is 4.40. The van der Waals surface area contributed by atoms with E-state index in [1.54, 1.807) is 0 Å². The van der Waals surface area contributed by atoms with E-state index in [0.29, 0.717) is 11.8 Å². The van der Waals surface area contributed by atoms with Crippen molar-refractivity contribution in [3.05, 3.63) is 0 Å². The minimum atomic E-state index is 0.215. The molecule has 0 amide bonds. The molecule has 0 saturated carbocycles. The first-order valence-corrected chi connectivity index (χ1v) is 4.27. The molecule has 0 aliphatic carbocycles. The van der Waals surface area contributed by atoms with Gasteiger partial charge >= 0.3 is 0 Å². The number of nitrogens with zero attached hydrogens (tertiary/aromatic N) is 1. The summed E-state index contributed by atoms with van der Waals surface area (Å²) in [6.07, 6.45) is 1.99. The van der Waals surface area contributed by atoms with Gasteiger partial charge in [0.2, 0.25) is 0 Å². The molecule has 0 aromatic heterocycles. The second kappa shape index (κ2) is 1.86. The standard InChI is InChI=1S/C9H15NO/c1-9(2)5-6-4-7(11)8(9)10(6)3/h6,8H,4-5H2,1-3H3. The first kappa shape index (κ1) is 7.29. The molecule has 2 saturated heterocycles. The lowest BCUT2D eigenvalue weighted by atomic mass is 9.77. The molecule has 2 bridgehead atoms. The smallest absolute Gasteiger partial charge is 0.152 e. The number of likely N-dealkylation sites (N-methyl/N-ethyl adjacent to an activating group) is 1. The molecule has 62 valence electrons. The zero-order valence-electron chi connectivity index (χ0n) is 7.42. The lowest BCUT2D eigenvalue weighted by Gasteiger charge is -2.27. The summed E-state index contributed by atoms with van der Waals surface area (Å²) in [7, 11) is 2.08. The molecular formula is C9H15NO. The van der Waals surface area contributed by atoms with E-state index in [1.165, 1.54) is 6.42 Å². The van der Waals surface area contributed by atoms with Crippen molar-refractivity contribution >= 4 is 5.78 Å². The zero-order chi connectivity index (χ0) is 8.22. The third-order valence-electron chi connectivity index (χ3n) is 3.23. The number of ketones is 1. The van der Waals surface area contributed by atoms with E-state index in [-0.39, 0.29) is 11.5 Å². The van der Waals surface area contributed by atoms with E-state index in [9.17, 15) is 4.79 Å². The average molecular weight is 153 g/mol. The topological polar surface area (TPSA) is 20.3 Å². The van der Waals surface area contributed by atoms with Crippen LogP contribution in [0.2, 0.25) is 0 Å². The number of rotatable bonds is 0. The molecule has 2 heteroatoms. The van der Waals surface area contributed by atoms with Crippen LogP contribution >= 0.6 is 0 Å². The molecule has 2 fully saturated rings. The summed E-state index contributed by atoms with van der Waals surface area (Å²) >= 11 is 0. The van der Waals surface area contributed by atoms with Gasteiger partial charge in [-0.05, 0) is 18.9 Å². The Morgan fingerprint density at radius 3 is 2.45 bits per heavy atom. The maximum atomic E-state index is 11.4. The molecule has 0 N–H and O–H groups in total. The normalized spacial score (nSPS) is 41.9. The van der Waals surface area contributed by atoms with Crippen LogP contribution in [0.3, 0.4) is 0 Å². The summed E-state index contributed by atoms with van der Waals surface area (Å²) in [6, 6.07) is 0.759. The van der Waals surface area contributed by atoms with Crippen molar-refractivity contribution in [3.8, 4) is 0 Å². The van der Waals surface area contributed by atoms with Gasteiger partial charge in [0.15, 0.2) is 5.78 Å². The first-order valence-electron chi connectivity index (χ1n) is 4.27. The third kappa shape index (κ3) is 0.791. The van der Waals surface area contributed by atoms with Crippen LogP contribution in [-0.4, -0.2) is 29.8 Å². The van der Waals surface area contributed by atoms with Gasteiger partial charge in [-0.25, -0.2) is 0 Å². The Hall–Kier alpha value is -0.370. The number of carbonyl (C=O) groups is 1. The van der Waals surface area contributed by atoms with Gasteiger partial charge < -0.3 is 0 Å². The second-order valence-corrected chi connectivity index (χ2v) is 4.58. The van der Waals surface area contributed by atoms with Gasteiger partial charge in [0, 0.05) is 12.5 Å². The van der Waals surface area contributed by atoms with E-state index in [4.69, 9.17) is 0 Å². The van der Waals surface area contributed by atoms with Gasteiger partial charge in [-0.1, -0.05) is 13.8 Å². The highest BCUT2D eigenvalue weighted by Crippen LogP contribution is 2.46. The zero-order valence-corrected chi connectivity index (χ0v) is 7.42. The Balaban J connectivity index is 2.34. The summed E-state index contributed by atoms with van der Waals surface area (Å²) in [5.41, 5.74) is 0.231.